The van der Waals surface area contributed by atoms with Crippen molar-refractivity contribution in [1.82, 2.24) is 19.9 Å². The van der Waals surface area contributed by atoms with Crippen molar-refractivity contribution < 1.29 is 0 Å². The second-order valence-electron chi connectivity index (χ2n) is 3.95. The molecule has 0 radical (unpaired) electrons. The summed E-state index contributed by atoms with van der Waals surface area (Å²) in [6.07, 6.45) is 1.98. The summed E-state index contributed by atoms with van der Waals surface area (Å²) in [5.41, 5.74) is 2.07. The van der Waals surface area contributed by atoms with E-state index >= 15 is 0 Å². The van der Waals surface area contributed by atoms with Gasteiger partial charge in [-0.1, -0.05) is 6.07 Å². The molecule has 0 bridgehead atoms. The van der Waals surface area contributed by atoms with Gasteiger partial charge in [-0.25, -0.2) is 4.52 Å². The van der Waals surface area contributed by atoms with Crippen LogP contribution in [0, 0.1) is 6.92 Å². The molecule has 0 aliphatic rings. The Labute approximate surface area is 95.1 Å². The fraction of sp³-hybridized carbons (Fsp3) is 0.455. The van der Waals surface area contributed by atoms with Crippen molar-refractivity contribution in [2.24, 2.45) is 0 Å². The lowest BCUT2D eigenvalue weighted by atomic mass is 10.3. The molecule has 0 amide bonds. The minimum atomic E-state index is 0.765. The van der Waals surface area contributed by atoms with Crippen LogP contribution >= 0.6 is 0 Å². The van der Waals surface area contributed by atoms with Crippen LogP contribution in [-0.4, -0.2) is 41.8 Å². The van der Waals surface area contributed by atoms with Crippen molar-refractivity contribution >= 4 is 11.6 Å². The summed E-state index contributed by atoms with van der Waals surface area (Å²) < 4.78 is 1.82. The van der Waals surface area contributed by atoms with E-state index in [9.17, 15) is 0 Å². The predicted molar refractivity (Wildman–Crippen MR) is 64.9 cm³/mol. The Kier molecular flexibility index (Phi) is 3.05. The van der Waals surface area contributed by atoms with Crippen LogP contribution in [0.5, 0.6) is 0 Å². The maximum Gasteiger partial charge on any atom is 0.245 e. The first kappa shape index (κ1) is 10.9. The van der Waals surface area contributed by atoms with Gasteiger partial charge in [-0.2, -0.15) is 4.98 Å². The fourth-order valence-electron chi connectivity index (χ4n) is 1.52. The zero-order valence-electron chi connectivity index (χ0n) is 9.94. The summed E-state index contributed by atoms with van der Waals surface area (Å²) in [7, 11) is 3.94. The average Bonchev–Trinajstić information content (AvgIpc) is 2.68. The quantitative estimate of drug-likeness (QED) is 0.822. The lowest BCUT2D eigenvalue weighted by molar-refractivity contribution is 0.751. The molecule has 16 heavy (non-hydrogen) atoms. The Balaban J connectivity index is 2.25. The molecule has 2 rings (SSSR count). The Hall–Kier alpha value is -1.62. The normalized spacial score (nSPS) is 10.9. The van der Waals surface area contributed by atoms with Crippen molar-refractivity contribution in [3.8, 4) is 0 Å². The fourth-order valence-corrected chi connectivity index (χ4v) is 1.52. The first-order valence-corrected chi connectivity index (χ1v) is 5.39. The summed E-state index contributed by atoms with van der Waals surface area (Å²) in [5.74, 6) is 0.765. The summed E-state index contributed by atoms with van der Waals surface area (Å²) in [5, 5.41) is 7.54. The van der Waals surface area contributed by atoms with Crippen molar-refractivity contribution in [1.29, 1.82) is 0 Å². The molecule has 0 saturated heterocycles. The summed E-state index contributed by atoms with van der Waals surface area (Å²) >= 11 is 0. The summed E-state index contributed by atoms with van der Waals surface area (Å²) in [6, 6.07) is 4.03. The van der Waals surface area contributed by atoms with Gasteiger partial charge in [-0.05, 0) is 25.6 Å². The molecule has 0 atom stereocenters. The van der Waals surface area contributed by atoms with Gasteiger partial charge in [-0.15, -0.1) is 5.10 Å². The highest BCUT2D eigenvalue weighted by molar-refractivity contribution is 5.45. The molecule has 5 nitrogen and oxygen atoms in total. The molecule has 0 spiro atoms. The van der Waals surface area contributed by atoms with Crippen molar-refractivity contribution in [3.05, 3.63) is 23.9 Å². The maximum atomic E-state index is 4.46. The molecule has 2 aromatic rings. The molecule has 0 aliphatic carbocycles. The largest absolute Gasteiger partial charge is 0.341 e. The third kappa shape index (κ3) is 2.14. The van der Waals surface area contributed by atoms with Gasteiger partial charge < -0.3 is 10.2 Å². The predicted octanol–water partition coefficient (Wildman–Crippen LogP) is 0.693. The van der Waals surface area contributed by atoms with Crippen LogP contribution in [0.4, 0.5) is 5.95 Å². The lowest BCUT2D eigenvalue weighted by Crippen LogP contribution is -2.27. The van der Waals surface area contributed by atoms with E-state index in [-0.39, 0.29) is 0 Å². The number of aromatic nitrogens is 3. The van der Waals surface area contributed by atoms with E-state index in [1.165, 1.54) is 5.56 Å². The topological polar surface area (TPSA) is 45.5 Å². The second-order valence-corrected chi connectivity index (χ2v) is 3.95. The Morgan fingerprint density at radius 2 is 2.25 bits per heavy atom. The molecule has 5 heteroatoms. The summed E-state index contributed by atoms with van der Waals surface area (Å²) in [6.45, 7) is 3.86. The Morgan fingerprint density at radius 3 is 3.00 bits per heavy atom. The molecule has 0 unspecified atom stereocenters. The second kappa shape index (κ2) is 4.49. The highest BCUT2D eigenvalue weighted by Crippen LogP contribution is 2.09. The lowest BCUT2D eigenvalue weighted by Gasteiger charge is -2.13. The highest BCUT2D eigenvalue weighted by atomic mass is 15.4. The van der Waals surface area contributed by atoms with Gasteiger partial charge in [0.25, 0.3) is 0 Å². The van der Waals surface area contributed by atoms with E-state index in [1.807, 2.05) is 48.8 Å². The summed E-state index contributed by atoms with van der Waals surface area (Å²) in [4.78, 5) is 6.50. The van der Waals surface area contributed by atoms with Crippen LogP contribution in [-0.2, 0) is 0 Å². The molecule has 0 aromatic carbocycles. The third-order valence-corrected chi connectivity index (χ3v) is 2.51. The van der Waals surface area contributed by atoms with Crippen LogP contribution in [0.2, 0.25) is 0 Å². The molecular formula is C11H17N5. The average molecular weight is 219 g/mol. The number of nitrogens with zero attached hydrogens (tertiary/aromatic N) is 4. The van der Waals surface area contributed by atoms with Crippen LogP contribution < -0.4 is 10.2 Å². The minimum Gasteiger partial charge on any atom is -0.341 e. The van der Waals surface area contributed by atoms with Crippen LogP contribution in [0.25, 0.3) is 5.65 Å². The van der Waals surface area contributed by atoms with Gasteiger partial charge in [-0.3, -0.25) is 0 Å². The van der Waals surface area contributed by atoms with E-state index in [0.29, 0.717) is 0 Å². The molecular weight excluding hydrogens is 202 g/mol. The van der Waals surface area contributed by atoms with Crippen LogP contribution in [0.3, 0.4) is 0 Å². The highest BCUT2D eigenvalue weighted by Gasteiger charge is 2.07. The van der Waals surface area contributed by atoms with Gasteiger partial charge in [0, 0.05) is 26.3 Å². The van der Waals surface area contributed by atoms with Gasteiger partial charge >= 0.3 is 0 Å². The van der Waals surface area contributed by atoms with Gasteiger partial charge in [0.15, 0.2) is 5.65 Å². The molecule has 86 valence electrons. The number of pyridine rings is 1. The first-order valence-electron chi connectivity index (χ1n) is 5.39. The number of hydrogen-bond acceptors (Lipinski definition) is 4. The zero-order chi connectivity index (χ0) is 11.5. The standard InChI is InChI=1S/C11H17N5/c1-9-4-5-10-13-11(14-16(10)8-9)15(3)7-6-12-2/h4-5,8,12H,6-7H2,1-3H3. The molecule has 0 aliphatic heterocycles. The molecule has 2 aromatic heterocycles. The molecule has 1 N–H and O–H groups in total. The number of fused-ring (bicyclic) bond motifs is 1. The Bertz CT molecular complexity index is 476. The van der Waals surface area contributed by atoms with Gasteiger partial charge in [0.05, 0.1) is 0 Å². The van der Waals surface area contributed by atoms with E-state index in [1.54, 1.807) is 0 Å². The number of nitrogens with one attached hydrogen (secondary N) is 1. The van der Waals surface area contributed by atoms with E-state index in [2.05, 4.69) is 15.4 Å². The van der Waals surface area contributed by atoms with E-state index in [4.69, 9.17) is 0 Å². The van der Waals surface area contributed by atoms with Crippen LogP contribution in [0.1, 0.15) is 5.56 Å². The Morgan fingerprint density at radius 1 is 1.44 bits per heavy atom. The zero-order valence-corrected chi connectivity index (χ0v) is 9.94. The van der Waals surface area contributed by atoms with Gasteiger partial charge in [0.2, 0.25) is 5.95 Å². The number of aryl methyl sites for hydroxylation is 1. The number of anilines is 1. The number of likely N-dealkylation sites (N-methyl/N-ethyl adjacent to an activating group) is 2. The van der Waals surface area contributed by atoms with Gasteiger partial charge in [0.1, 0.15) is 0 Å². The van der Waals surface area contributed by atoms with Crippen molar-refractivity contribution in [2.45, 2.75) is 6.92 Å². The molecule has 0 fully saturated rings. The van der Waals surface area contributed by atoms with E-state index < -0.39 is 0 Å². The van der Waals surface area contributed by atoms with Crippen molar-refractivity contribution in [3.63, 3.8) is 0 Å². The van der Waals surface area contributed by atoms with Crippen LogP contribution in [0.15, 0.2) is 18.3 Å². The number of hydrogen-bond donors (Lipinski definition) is 1. The molecule has 0 saturated carbocycles. The van der Waals surface area contributed by atoms with Crippen molar-refractivity contribution in [2.75, 3.05) is 32.1 Å². The van der Waals surface area contributed by atoms with E-state index in [0.717, 1.165) is 24.7 Å². The molecule has 2 heterocycles. The minimum absolute atomic E-state index is 0.765. The SMILES string of the molecule is CNCCN(C)c1nc2ccc(C)cn2n1. The number of rotatable bonds is 4. The monoisotopic (exact) mass is 219 g/mol. The maximum absolute atomic E-state index is 4.46. The third-order valence-electron chi connectivity index (χ3n) is 2.51. The smallest absolute Gasteiger partial charge is 0.245 e. The first-order chi connectivity index (χ1) is 7.70.